The molecular weight excluding hydrogens is 342 g/mol. The van der Waals surface area contributed by atoms with Gasteiger partial charge in [0.1, 0.15) is 29.1 Å². The largest absolute Gasteiger partial charge is 0.229 e. The first kappa shape index (κ1) is 16.6. The maximum Gasteiger partial charge on any atom is 0.145 e. The molecule has 0 amide bonds. The van der Waals surface area contributed by atoms with Crippen molar-refractivity contribution in [3.63, 3.8) is 0 Å². The van der Waals surface area contributed by atoms with E-state index in [1.165, 1.54) is 5.56 Å². The summed E-state index contributed by atoms with van der Waals surface area (Å²) in [7, 11) is 0. The molecule has 4 aromatic rings. The van der Waals surface area contributed by atoms with E-state index in [1.807, 2.05) is 29.1 Å². The molecule has 0 N–H and O–H groups in total. The fourth-order valence-electron chi connectivity index (χ4n) is 3.10. The molecule has 0 aliphatic heterocycles. The Balaban J connectivity index is 2.06. The van der Waals surface area contributed by atoms with E-state index < -0.39 is 0 Å². The van der Waals surface area contributed by atoms with Gasteiger partial charge in [0.2, 0.25) is 0 Å². The van der Waals surface area contributed by atoms with Crippen LogP contribution in [0.5, 0.6) is 0 Å². The van der Waals surface area contributed by atoms with Gasteiger partial charge in [-0.2, -0.15) is 10.2 Å². The highest BCUT2D eigenvalue weighted by molar-refractivity contribution is 7.98. The molecule has 2 aromatic carbocycles. The maximum absolute atomic E-state index is 4.93. The zero-order chi connectivity index (χ0) is 17.9. The summed E-state index contributed by atoms with van der Waals surface area (Å²) >= 11 is 1.61. The van der Waals surface area contributed by atoms with Crippen molar-refractivity contribution in [2.75, 3.05) is 6.26 Å². The highest BCUT2D eigenvalue weighted by Gasteiger charge is 2.23. The Morgan fingerprint density at radius 3 is 2.46 bits per heavy atom. The first-order valence-electron chi connectivity index (χ1n) is 8.49. The van der Waals surface area contributed by atoms with E-state index >= 15 is 0 Å². The van der Waals surface area contributed by atoms with Gasteiger partial charge in [-0.1, -0.05) is 55.5 Å². The Kier molecular flexibility index (Phi) is 4.58. The lowest BCUT2D eigenvalue weighted by Gasteiger charge is -2.13. The number of rotatable bonds is 5. The van der Waals surface area contributed by atoms with Crippen LogP contribution in [0.4, 0.5) is 0 Å². The van der Waals surface area contributed by atoms with E-state index in [2.05, 4.69) is 53.4 Å². The van der Waals surface area contributed by atoms with Crippen LogP contribution >= 0.6 is 11.8 Å². The van der Waals surface area contributed by atoms with E-state index in [0.29, 0.717) is 0 Å². The van der Waals surface area contributed by atoms with Crippen LogP contribution < -0.4 is 0 Å². The van der Waals surface area contributed by atoms with Crippen molar-refractivity contribution in [1.29, 1.82) is 0 Å². The van der Waals surface area contributed by atoms with Gasteiger partial charge < -0.3 is 0 Å². The van der Waals surface area contributed by atoms with Crippen LogP contribution in [0.15, 0.2) is 72.3 Å². The summed E-state index contributed by atoms with van der Waals surface area (Å²) in [6.45, 7) is 2.17. The van der Waals surface area contributed by atoms with Crippen LogP contribution in [0.3, 0.4) is 0 Å². The number of aryl methyl sites for hydroxylation is 1. The van der Waals surface area contributed by atoms with Crippen LogP contribution in [0.1, 0.15) is 12.5 Å². The Bertz CT molecular complexity index is 1010. The quantitative estimate of drug-likeness (QED) is 0.494. The molecule has 0 bridgehead atoms. The maximum atomic E-state index is 4.93. The molecule has 4 rings (SSSR count). The Morgan fingerprint density at radius 2 is 1.77 bits per heavy atom. The number of hydrogen-bond donors (Lipinski definition) is 0. The van der Waals surface area contributed by atoms with Gasteiger partial charge in [-0.3, -0.25) is 0 Å². The molecule has 2 aromatic heterocycles. The van der Waals surface area contributed by atoms with E-state index in [0.717, 1.165) is 34.1 Å². The number of para-hydroxylation sites is 1. The van der Waals surface area contributed by atoms with Crippen LogP contribution in [-0.4, -0.2) is 30.8 Å². The minimum Gasteiger partial charge on any atom is -0.229 e. The standard InChI is InChI=1S/C20H19N5S/c1-3-15-9-7-8-12-17(15)25-18(16-10-5-4-6-11-16)19(20(23-25)26-2)24-14-21-13-22-24/h4-14H,3H2,1-2H3. The van der Waals surface area contributed by atoms with Gasteiger partial charge in [-0.25, -0.2) is 14.3 Å². The van der Waals surface area contributed by atoms with Crippen LogP contribution in [-0.2, 0) is 6.42 Å². The first-order chi connectivity index (χ1) is 12.8. The predicted octanol–water partition coefficient (Wildman–Crippen LogP) is 4.40. The van der Waals surface area contributed by atoms with Gasteiger partial charge in [0.15, 0.2) is 0 Å². The summed E-state index contributed by atoms with van der Waals surface area (Å²) in [4.78, 5) is 4.13. The molecule has 26 heavy (non-hydrogen) atoms. The lowest BCUT2D eigenvalue weighted by Crippen LogP contribution is -2.04. The van der Waals surface area contributed by atoms with Crippen LogP contribution in [0.2, 0.25) is 0 Å². The average molecular weight is 361 g/mol. The zero-order valence-corrected chi connectivity index (χ0v) is 15.5. The molecule has 0 aliphatic carbocycles. The van der Waals surface area contributed by atoms with Crippen molar-refractivity contribution in [3.05, 3.63) is 72.8 Å². The molecular formula is C20H19N5S. The highest BCUT2D eigenvalue weighted by Crippen LogP contribution is 2.36. The Labute approximate surface area is 156 Å². The smallest absolute Gasteiger partial charge is 0.145 e. The lowest BCUT2D eigenvalue weighted by atomic mass is 10.1. The molecule has 5 nitrogen and oxygen atoms in total. The summed E-state index contributed by atoms with van der Waals surface area (Å²) in [5.74, 6) is 0. The van der Waals surface area contributed by atoms with Gasteiger partial charge in [-0.05, 0) is 24.3 Å². The van der Waals surface area contributed by atoms with Crippen molar-refractivity contribution in [2.24, 2.45) is 0 Å². The Morgan fingerprint density at radius 1 is 1.00 bits per heavy atom. The summed E-state index contributed by atoms with van der Waals surface area (Å²) in [6, 6.07) is 18.7. The molecule has 0 fully saturated rings. The summed E-state index contributed by atoms with van der Waals surface area (Å²) < 4.78 is 3.84. The average Bonchev–Trinajstić information content (AvgIpc) is 3.35. The van der Waals surface area contributed by atoms with Gasteiger partial charge in [0.25, 0.3) is 0 Å². The van der Waals surface area contributed by atoms with E-state index in [1.54, 1.807) is 29.1 Å². The second-order valence-corrected chi connectivity index (χ2v) is 6.60. The number of benzene rings is 2. The first-order valence-corrected chi connectivity index (χ1v) is 9.71. The van der Waals surface area contributed by atoms with Crippen molar-refractivity contribution in [3.8, 4) is 22.6 Å². The van der Waals surface area contributed by atoms with Gasteiger partial charge in [-0.15, -0.1) is 11.8 Å². The second kappa shape index (κ2) is 7.17. The fourth-order valence-corrected chi connectivity index (χ4v) is 3.65. The predicted molar refractivity (Wildman–Crippen MR) is 105 cm³/mol. The second-order valence-electron chi connectivity index (χ2n) is 5.81. The molecule has 0 saturated carbocycles. The van der Waals surface area contributed by atoms with Crippen molar-refractivity contribution >= 4 is 11.8 Å². The monoisotopic (exact) mass is 361 g/mol. The fraction of sp³-hybridized carbons (Fsp3) is 0.150. The summed E-state index contributed by atoms with van der Waals surface area (Å²) in [5, 5.41) is 10.2. The van der Waals surface area contributed by atoms with Crippen LogP contribution in [0, 0.1) is 0 Å². The topological polar surface area (TPSA) is 48.5 Å². The minimum absolute atomic E-state index is 0.917. The molecule has 0 atom stereocenters. The molecule has 2 heterocycles. The van der Waals surface area contributed by atoms with Gasteiger partial charge in [0.05, 0.1) is 5.69 Å². The summed E-state index contributed by atoms with van der Waals surface area (Å²) in [6.07, 6.45) is 6.25. The molecule has 0 aliphatic rings. The van der Waals surface area contributed by atoms with E-state index in [4.69, 9.17) is 5.10 Å². The van der Waals surface area contributed by atoms with Crippen LogP contribution in [0.25, 0.3) is 22.6 Å². The third-order valence-electron chi connectivity index (χ3n) is 4.32. The number of thioether (sulfide) groups is 1. The third-order valence-corrected chi connectivity index (χ3v) is 4.98. The third kappa shape index (κ3) is 2.82. The minimum atomic E-state index is 0.917. The molecule has 6 heteroatoms. The molecule has 130 valence electrons. The number of nitrogens with zero attached hydrogens (tertiary/aromatic N) is 5. The SMILES string of the molecule is CCc1ccccc1-n1nc(SC)c(-n2cncn2)c1-c1ccccc1. The van der Waals surface area contributed by atoms with E-state index in [9.17, 15) is 0 Å². The van der Waals surface area contributed by atoms with E-state index in [-0.39, 0.29) is 0 Å². The van der Waals surface area contributed by atoms with Crippen molar-refractivity contribution in [1.82, 2.24) is 24.5 Å². The van der Waals surface area contributed by atoms with Crippen molar-refractivity contribution < 1.29 is 0 Å². The highest BCUT2D eigenvalue weighted by atomic mass is 32.2. The molecule has 0 radical (unpaired) electrons. The lowest BCUT2D eigenvalue weighted by molar-refractivity contribution is 0.824. The molecule has 0 unspecified atom stereocenters. The number of hydrogen-bond acceptors (Lipinski definition) is 4. The number of aromatic nitrogens is 5. The van der Waals surface area contributed by atoms with Gasteiger partial charge >= 0.3 is 0 Å². The normalized spacial score (nSPS) is 11.0. The zero-order valence-electron chi connectivity index (χ0n) is 14.7. The van der Waals surface area contributed by atoms with Crippen molar-refractivity contribution in [2.45, 2.75) is 18.4 Å². The van der Waals surface area contributed by atoms with Gasteiger partial charge in [0, 0.05) is 5.56 Å². The molecule has 0 saturated heterocycles. The Hall–Kier alpha value is -2.86. The molecule has 0 spiro atoms. The summed E-state index contributed by atoms with van der Waals surface area (Å²) in [5.41, 5.74) is 5.41.